The number of rotatable bonds is 4. The van der Waals surface area contributed by atoms with Crippen LogP contribution in [0.1, 0.15) is 54.4 Å². The fourth-order valence-electron chi connectivity index (χ4n) is 2.90. The second-order valence-corrected chi connectivity index (χ2v) is 7.20. The number of aryl methyl sites for hydroxylation is 1. The predicted molar refractivity (Wildman–Crippen MR) is 98.2 cm³/mol. The van der Waals surface area contributed by atoms with Crippen molar-refractivity contribution in [1.29, 1.82) is 0 Å². The van der Waals surface area contributed by atoms with Gasteiger partial charge in [-0.25, -0.2) is 9.98 Å². The van der Waals surface area contributed by atoms with Crippen molar-refractivity contribution in [2.24, 2.45) is 10.7 Å². The average Bonchev–Trinajstić information content (AvgIpc) is 3.03. The summed E-state index contributed by atoms with van der Waals surface area (Å²) in [5, 5.41) is 6.49. The van der Waals surface area contributed by atoms with Crippen molar-refractivity contribution in [1.82, 2.24) is 4.98 Å². The zero-order valence-electron chi connectivity index (χ0n) is 13.8. The Morgan fingerprint density at radius 2 is 2.17 bits per heavy atom. The van der Waals surface area contributed by atoms with Gasteiger partial charge in [0.05, 0.1) is 17.2 Å². The monoisotopic (exact) mass is 328 g/mol. The van der Waals surface area contributed by atoms with E-state index in [0.717, 1.165) is 22.8 Å². The Kier molecular flexibility index (Phi) is 4.96. The summed E-state index contributed by atoms with van der Waals surface area (Å²) in [5.41, 5.74) is 11.0. The fraction of sp³-hybridized carbons (Fsp3) is 0.444. The van der Waals surface area contributed by atoms with E-state index >= 15 is 0 Å². The molecule has 1 aromatic heterocycles. The number of hydrogen-bond acceptors (Lipinski definition) is 3. The third-order valence-electron chi connectivity index (χ3n) is 4.13. The third-order valence-corrected chi connectivity index (χ3v) is 5.33. The van der Waals surface area contributed by atoms with Gasteiger partial charge in [-0.15, -0.1) is 11.3 Å². The van der Waals surface area contributed by atoms with Crippen molar-refractivity contribution in [3.8, 4) is 0 Å². The molecule has 1 aromatic carbocycles. The van der Waals surface area contributed by atoms with Crippen LogP contribution in [0.15, 0.2) is 28.6 Å². The number of benzene rings is 1. The van der Waals surface area contributed by atoms with Crippen LogP contribution < -0.4 is 11.1 Å². The van der Waals surface area contributed by atoms with Crippen LogP contribution in [0, 0.1) is 0 Å². The summed E-state index contributed by atoms with van der Waals surface area (Å²) < 4.78 is 0. The summed E-state index contributed by atoms with van der Waals surface area (Å²) >= 11 is 1.69. The predicted octanol–water partition coefficient (Wildman–Crippen LogP) is 4.07. The maximum Gasteiger partial charge on any atom is 0.193 e. The molecule has 3 N–H and O–H groups in total. The molecule has 0 aliphatic heterocycles. The number of fused-ring (bicyclic) bond motifs is 1. The van der Waals surface area contributed by atoms with Crippen LogP contribution in [0.2, 0.25) is 0 Å². The lowest BCUT2D eigenvalue weighted by atomic mass is 9.90. The quantitative estimate of drug-likeness (QED) is 0.657. The Morgan fingerprint density at radius 3 is 2.96 bits per heavy atom. The highest BCUT2D eigenvalue weighted by molar-refractivity contribution is 7.09. The second-order valence-electron chi connectivity index (χ2n) is 6.31. The maximum atomic E-state index is 6.07. The van der Waals surface area contributed by atoms with Crippen molar-refractivity contribution in [3.05, 3.63) is 45.4 Å². The van der Waals surface area contributed by atoms with E-state index in [2.05, 4.69) is 52.7 Å². The number of thiazole rings is 1. The van der Waals surface area contributed by atoms with Gasteiger partial charge in [0.25, 0.3) is 0 Å². The Hall–Kier alpha value is -1.88. The molecule has 0 saturated heterocycles. The highest BCUT2D eigenvalue weighted by Crippen LogP contribution is 2.27. The Morgan fingerprint density at radius 1 is 1.35 bits per heavy atom. The lowest BCUT2D eigenvalue weighted by molar-refractivity contribution is 0.687. The summed E-state index contributed by atoms with van der Waals surface area (Å²) in [4.78, 5) is 9.03. The van der Waals surface area contributed by atoms with Gasteiger partial charge in [0.15, 0.2) is 5.96 Å². The molecule has 1 heterocycles. The fourth-order valence-corrected chi connectivity index (χ4v) is 3.73. The number of aromatic nitrogens is 1. The minimum Gasteiger partial charge on any atom is -0.370 e. The van der Waals surface area contributed by atoms with Crippen LogP contribution in [0.5, 0.6) is 0 Å². The molecule has 122 valence electrons. The SMILES string of the molecule is CC(C)c1nc(CN=C(N)Nc2cccc3c2CCCC3)cs1. The van der Waals surface area contributed by atoms with Gasteiger partial charge in [-0.05, 0) is 42.9 Å². The van der Waals surface area contributed by atoms with Crippen molar-refractivity contribution < 1.29 is 0 Å². The summed E-state index contributed by atoms with van der Waals surface area (Å²) in [6.45, 7) is 4.83. The van der Waals surface area contributed by atoms with Crippen LogP contribution in [0.4, 0.5) is 5.69 Å². The van der Waals surface area contributed by atoms with E-state index in [-0.39, 0.29) is 0 Å². The zero-order chi connectivity index (χ0) is 16.2. The minimum atomic E-state index is 0.461. The van der Waals surface area contributed by atoms with Gasteiger partial charge in [-0.3, -0.25) is 0 Å². The van der Waals surface area contributed by atoms with Gasteiger partial charge in [-0.2, -0.15) is 0 Å². The van der Waals surface area contributed by atoms with Crippen LogP contribution in [-0.4, -0.2) is 10.9 Å². The first-order chi connectivity index (χ1) is 11.1. The molecule has 0 atom stereocenters. The van der Waals surface area contributed by atoms with E-state index in [4.69, 9.17) is 5.73 Å². The molecule has 0 amide bonds. The maximum absolute atomic E-state index is 6.07. The molecule has 5 heteroatoms. The number of anilines is 1. The smallest absolute Gasteiger partial charge is 0.193 e. The molecule has 0 radical (unpaired) electrons. The van der Waals surface area contributed by atoms with Crippen LogP contribution >= 0.6 is 11.3 Å². The van der Waals surface area contributed by atoms with Crippen LogP contribution in [-0.2, 0) is 19.4 Å². The molecule has 4 nitrogen and oxygen atoms in total. The molecule has 1 aliphatic rings. The second kappa shape index (κ2) is 7.13. The first kappa shape index (κ1) is 16.0. The van der Waals surface area contributed by atoms with Crippen molar-refractivity contribution >= 4 is 23.0 Å². The lowest BCUT2D eigenvalue weighted by Gasteiger charge is -2.19. The van der Waals surface area contributed by atoms with E-state index in [1.54, 1.807) is 11.3 Å². The standard InChI is InChI=1S/C18H24N4S/c1-12(2)17-21-14(11-23-17)10-20-18(19)22-16-9-5-7-13-6-3-4-8-15(13)16/h5,7,9,11-12H,3-4,6,8,10H2,1-2H3,(H3,19,20,22). The average molecular weight is 328 g/mol. The first-order valence-electron chi connectivity index (χ1n) is 8.25. The minimum absolute atomic E-state index is 0.461. The van der Waals surface area contributed by atoms with Crippen molar-refractivity contribution in [2.75, 3.05) is 5.32 Å². The van der Waals surface area contributed by atoms with E-state index in [9.17, 15) is 0 Å². The molecule has 0 saturated carbocycles. The Balaban J connectivity index is 1.67. The molecule has 1 aliphatic carbocycles. The number of nitrogens with two attached hydrogens (primary N) is 1. The third kappa shape index (κ3) is 3.91. The van der Waals surface area contributed by atoms with Crippen LogP contribution in [0.25, 0.3) is 0 Å². The molecule has 0 spiro atoms. The van der Waals surface area contributed by atoms with Crippen molar-refractivity contribution in [3.63, 3.8) is 0 Å². The van der Waals surface area contributed by atoms with Gasteiger partial charge < -0.3 is 11.1 Å². The van der Waals surface area contributed by atoms with Gasteiger partial charge >= 0.3 is 0 Å². The van der Waals surface area contributed by atoms with Gasteiger partial charge in [-0.1, -0.05) is 26.0 Å². The summed E-state index contributed by atoms with van der Waals surface area (Å²) in [6, 6.07) is 6.40. The molecule has 2 aromatic rings. The Labute approximate surface area is 141 Å². The molecular weight excluding hydrogens is 304 g/mol. The normalized spacial score (nSPS) is 14.8. The summed E-state index contributed by atoms with van der Waals surface area (Å²) in [7, 11) is 0. The largest absolute Gasteiger partial charge is 0.370 e. The molecule has 23 heavy (non-hydrogen) atoms. The van der Waals surface area contributed by atoms with Crippen LogP contribution in [0.3, 0.4) is 0 Å². The molecular formula is C18H24N4S. The number of aliphatic imine (C=N–C) groups is 1. The zero-order valence-corrected chi connectivity index (χ0v) is 14.6. The molecule has 3 rings (SSSR count). The number of nitrogens with one attached hydrogen (secondary N) is 1. The van der Waals surface area contributed by atoms with Gasteiger partial charge in [0.2, 0.25) is 0 Å². The Bertz CT molecular complexity index is 703. The van der Waals surface area contributed by atoms with Crippen molar-refractivity contribution in [2.45, 2.75) is 52.0 Å². The number of hydrogen-bond donors (Lipinski definition) is 2. The van der Waals surface area contributed by atoms with E-state index in [1.165, 1.54) is 30.4 Å². The first-order valence-corrected chi connectivity index (χ1v) is 9.13. The van der Waals surface area contributed by atoms with Gasteiger partial charge in [0, 0.05) is 17.0 Å². The topological polar surface area (TPSA) is 63.3 Å². The molecule has 0 unspecified atom stereocenters. The summed E-state index contributed by atoms with van der Waals surface area (Å²) in [5.74, 6) is 0.923. The van der Waals surface area contributed by atoms with Gasteiger partial charge in [0.1, 0.15) is 0 Å². The van der Waals surface area contributed by atoms with E-state index in [1.807, 2.05) is 0 Å². The van der Waals surface area contributed by atoms with E-state index < -0.39 is 0 Å². The number of nitrogens with zero attached hydrogens (tertiary/aromatic N) is 2. The molecule has 0 bridgehead atoms. The summed E-state index contributed by atoms with van der Waals surface area (Å²) in [6.07, 6.45) is 4.82. The lowest BCUT2D eigenvalue weighted by Crippen LogP contribution is -2.24. The number of guanidine groups is 1. The highest BCUT2D eigenvalue weighted by Gasteiger charge is 2.13. The highest BCUT2D eigenvalue weighted by atomic mass is 32.1. The van der Waals surface area contributed by atoms with E-state index in [0.29, 0.717) is 18.4 Å². The molecule has 0 fully saturated rings.